The molecule has 0 radical (unpaired) electrons. The van der Waals surface area contributed by atoms with Crippen molar-refractivity contribution >= 4 is 15.7 Å². The van der Waals surface area contributed by atoms with Gasteiger partial charge in [-0.25, -0.2) is 8.42 Å². The van der Waals surface area contributed by atoms with Crippen molar-refractivity contribution in [1.29, 1.82) is 0 Å². The van der Waals surface area contributed by atoms with Gasteiger partial charge in [0.15, 0.2) is 0 Å². The summed E-state index contributed by atoms with van der Waals surface area (Å²) in [6.07, 6.45) is 2.72. The van der Waals surface area contributed by atoms with Gasteiger partial charge < -0.3 is 4.98 Å². The molecule has 2 rings (SSSR count). The highest BCUT2D eigenvalue weighted by Gasteiger charge is 2.16. The maximum atomic E-state index is 12.0. The summed E-state index contributed by atoms with van der Waals surface area (Å²) in [4.78, 5) is 13.2. The van der Waals surface area contributed by atoms with E-state index >= 15 is 0 Å². The zero-order valence-electron chi connectivity index (χ0n) is 9.84. The van der Waals surface area contributed by atoms with Crippen molar-refractivity contribution in [1.82, 2.24) is 14.8 Å². The molecule has 2 aromatic heterocycles. The fourth-order valence-corrected chi connectivity index (χ4v) is 2.54. The summed E-state index contributed by atoms with van der Waals surface area (Å²) in [6.45, 7) is 1.70. The highest BCUT2D eigenvalue weighted by atomic mass is 32.2. The number of aryl methyl sites for hydroxylation is 2. The molecule has 0 atom stereocenters. The average Bonchev–Trinajstić information content (AvgIpc) is 2.57. The van der Waals surface area contributed by atoms with E-state index in [2.05, 4.69) is 14.8 Å². The van der Waals surface area contributed by atoms with E-state index in [1.807, 2.05) is 0 Å². The first-order valence-electron chi connectivity index (χ1n) is 5.10. The van der Waals surface area contributed by atoms with Crippen LogP contribution >= 0.6 is 0 Å². The molecule has 0 aliphatic carbocycles. The van der Waals surface area contributed by atoms with E-state index in [0.29, 0.717) is 11.4 Å². The third-order valence-corrected chi connectivity index (χ3v) is 3.69. The average molecular weight is 268 g/mol. The maximum Gasteiger partial charge on any atom is 0.263 e. The Hall–Kier alpha value is -2.09. The SMILES string of the molecule is Cc1nn(C)cc1NS(=O)(=O)c1ccc(=O)[nH]c1. The van der Waals surface area contributed by atoms with Crippen LogP contribution in [0.3, 0.4) is 0 Å². The molecule has 2 N–H and O–H groups in total. The van der Waals surface area contributed by atoms with Gasteiger partial charge in [-0.3, -0.25) is 14.2 Å². The molecule has 0 amide bonds. The van der Waals surface area contributed by atoms with E-state index in [0.717, 1.165) is 12.3 Å². The van der Waals surface area contributed by atoms with Gasteiger partial charge in [-0.2, -0.15) is 5.10 Å². The Balaban J connectivity index is 2.35. The van der Waals surface area contributed by atoms with E-state index < -0.39 is 10.0 Å². The van der Waals surface area contributed by atoms with Crippen molar-refractivity contribution in [3.8, 4) is 0 Å². The van der Waals surface area contributed by atoms with E-state index in [4.69, 9.17) is 0 Å². The van der Waals surface area contributed by atoms with Crippen molar-refractivity contribution in [2.45, 2.75) is 11.8 Å². The molecule has 0 fully saturated rings. The zero-order valence-corrected chi connectivity index (χ0v) is 10.7. The Kier molecular flexibility index (Phi) is 2.95. The molecule has 0 aromatic carbocycles. The van der Waals surface area contributed by atoms with Crippen molar-refractivity contribution in [2.75, 3.05) is 4.72 Å². The Morgan fingerprint density at radius 3 is 2.61 bits per heavy atom. The van der Waals surface area contributed by atoms with E-state index in [9.17, 15) is 13.2 Å². The number of aromatic nitrogens is 3. The van der Waals surface area contributed by atoms with Crippen molar-refractivity contribution < 1.29 is 8.42 Å². The molecule has 2 aromatic rings. The maximum absolute atomic E-state index is 12.0. The van der Waals surface area contributed by atoms with Crippen molar-refractivity contribution in [2.24, 2.45) is 7.05 Å². The van der Waals surface area contributed by atoms with Crippen molar-refractivity contribution in [3.05, 3.63) is 40.6 Å². The number of anilines is 1. The molecule has 0 saturated heterocycles. The first-order valence-corrected chi connectivity index (χ1v) is 6.58. The minimum atomic E-state index is -3.71. The van der Waals surface area contributed by atoms with Crippen LogP contribution < -0.4 is 10.3 Å². The summed E-state index contributed by atoms with van der Waals surface area (Å²) in [6, 6.07) is 2.40. The van der Waals surface area contributed by atoms with Crippen LogP contribution in [0.5, 0.6) is 0 Å². The molecule has 0 spiro atoms. The number of hydrogen-bond donors (Lipinski definition) is 2. The minimum absolute atomic E-state index is 0.00893. The number of H-pyrrole nitrogens is 1. The molecule has 8 heteroatoms. The number of sulfonamides is 1. The van der Waals surface area contributed by atoms with Crippen LogP contribution in [0.1, 0.15) is 5.69 Å². The molecule has 18 heavy (non-hydrogen) atoms. The van der Waals surface area contributed by atoms with Gasteiger partial charge in [0.25, 0.3) is 10.0 Å². The lowest BCUT2D eigenvalue weighted by Crippen LogP contribution is -2.15. The van der Waals surface area contributed by atoms with Crippen LogP contribution in [0.15, 0.2) is 34.2 Å². The summed E-state index contributed by atoms with van der Waals surface area (Å²) in [7, 11) is -2.01. The molecular weight excluding hydrogens is 256 g/mol. The number of pyridine rings is 1. The second-order valence-electron chi connectivity index (χ2n) is 3.80. The number of nitrogens with one attached hydrogen (secondary N) is 2. The molecular formula is C10H12N4O3S. The fourth-order valence-electron chi connectivity index (χ4n) is 1.47. The van der Waals surface area contributed by atoms with Gasteiger partial charge in [0.1, 0.15) is 4.90 Å². The molecule has 7 nitrogen and oxygen atoms in total. The molecule has 0 unspecified atom stereocenters. The Morgan fingerprint density at radius 1 is 1.39 bits per heavy atom. The van der Waals surface area contributed by atoms with Crippen LogP contribution in [-0.4, -0.2) is 23.2 Å². The lowest BCUT2D eigenvalue weighted by Gasteiger charge is -2.05. The Labute approximate surface area is 104 Å². The minimum Gasteiger partial charge on any atom is -0.328 e. The van der Waals surface area contributed by atoms with Gasteiger partial charge in [0, 0.05) is 25.5 Å². The van der Waals surface area contributed by atoms with Crippen LogP contribution in [0.2, 0.25) is 0 Å². The van der Waals surface area contributed by atoms with Gasteiger partial charge in [-0.05, 0) is 13.0 Å². The molecule has 0 saturated carbocycles. The standard InChI is InChI=1S/C10H12N4O3S/c1-7-9(6-14(2)12-7)13-18(16,17)8-3-4-10(15)11-5-8/h3-6,13H,1-2H3,(H,11,15). The largest absolute Gasteiger partial charge is 0.328 e. The summed E-state index contributed by atoms with van der Waals surface area (Å²) in [5.41, 5.74) is 0.626. The normalized spacial score (nSPS) is 11.4. The van der Waals surface area contributed by atoms with E-state index in [1.54, 1.807) is 20.2 Å². The molecule has 96 valence electrons. The van der Waals surface area contributed by atoms with Gasteiger partial charge in [0.05, 0.1) is 11.4 Å². The highest BCUT2D eigenvalue weighted by Crippen LogP contribution is 2.17. The summed E-state index contributed by atoms with van der Waals surface area (Å²) in [5, 5.41) is 4.03. The number of rotatable bonds is 3. The lowest BCUT2D eigenvalue weighted by molar-refractivity contribution is 0.600. The second kappa shape index (κ2) is 4.30. The topological polar surface area (TPSA) is 96.8 Å². The van der Waals surface area contributed by atoms with Crippen molar-refractivity contribution in [3.63, 3.8) is 0 Å². The van der Waals surface area contributed by atoms with Crippen LogP contribution in [0.25, 0.3) is 0 Å². The number of aromatic amines is 1. The predicted molar refractivity (Wildman–Crippen MR) is 65.8 cm³/mol. The monoisotopic (exact) mass is 268 g/mol. The first kappa shape index (κ1) is 12.4. The predicted octanol–water partition coefficient (Wildman–Crippen LogP) is 0.218. The first-order chi connectivity index (χ1) is 8.38. The van der Waals surface area contributed by atoms with Crippen LogP contribution in [0.4, 0.5) is 5.69 Å². The third-order valence-electron chi connectivity index (χ3n) is 2.32. The van der Waals surface area contributed by atoms with Gasteiger partial charge in [-0.15, -0.1) is 0 Å². The Morgan fingerprint density at radius 2 is 2.11 bits per heavy atom. The Bertz CT molecular complexity index is 709. The molecule has 0 aliphatic rings. The number of nitrogens with zero attached hydrogens (tertiary/aromatic N) is 2. The molecule has 0 bridgehead atoms. The summed E-state index contributed by atoms with van der Waals surface area (Å²) in [5.74, 6) is 0. The van der Waals surface area contributed by atoms with E-state index in [-0.39, 0.29) is 10.5 Å². The highest BCUT2D eigenvalue weighted by molar-refractivity contribution is 7.92. The van der Waals surface area contributed by atoms with Crippen LogP contribution in [0, 0.1) is 6.92 Å². The smallest absolute Gasteiger partial charge is 0.263 e. The van der Waals surface area contributed by atoms with Crippen LogP contribution in [-0.2, 0) is 17.1 Å². The summed E-state index contributed by atoms with van der Waals surface area (Å²) >= 11 is 0. The lowest BCUT2D eigenvalue weighted by atomic mass is 10.4. The molecule has 2 heterocycles. The zero-order chi connectivity index (χ0) is 13.3. The van der Waals surface area contributed by atoms with Gasteiger partial charge >= 0.3 is 0 Å². The summed E-state index contributed by atoms with van der Waals surface area (Å²) < 4.78 is 27.9. The quantitative estimate of drug-likeness (QED) is 0.832. The van der Waals surface area contributed by atoms with Gasteiger partial charge in [0.2, 0.25) is 5.56 Å². The van der Waals surface area contributed by atoms with Gasteiger partial charge in [-0.1, -0.05) is 0 Å². The fraction of sp³-hybridized carbons (Fsp3) is 0.200. The third kappa shape index (κ3) is 2.43. The number of hydrogen-bond acceptors (Lipinski definition) is 4. The molecule has 0 aliphatic heterocycles. The van der Waals surface area contributed by atoms with E-state index in [1.165, 1.54) is 10.7 Å². The second-order valence-corrected chi connectivity index (χ2v) is 5.48.